The standard InChI is InChI=1S/C13H18O2S.C12H18OS.C6H10O2.C5H12OS.FH.H2/c1-10(13(14)15-3)11(2)16-9-12-7-5-4-6-8-12;1-10(8-13)11(2)14-9-12-6-4-3-5-7-12;1-4-5(2)6(7)8-3;1-4(3-6)5(2)7;;/h4-8,10-11H,9H2,1-3H3;3-7,10-11,13H,8-9H2,1-2H3;4H,1-3H3;4-7H,3H2,1-2H3;2*1H/b;;5-4+;;;/i;;;;;1+2. The minimum atomic E-state index is -0.257. The first-order valence-electron chi connectivity index (χ1n) is 15.3. The average Bonchev–Trinajstić information content (AvgIpc) is 3.08. The number of methoxy groups -OCH3 is 2. The molecule has 0 saturated carbocycles. The minimum absolute atomic E-state index is 0. The lowest BCUT2D eigenvalue weighted by molar-refractivity contribution is -0.144. The molecule has 0 aliphatic rings. The van der Waals surface area contributed by atoms with Gasteiger partial charge in [-0.25, -0.2) is 4.79 Å². The smallest absolute Gasteiger partial charge is 0.333 e. The lowest BCUT2D eigenvalue weighted by Gasteiger charge is -2.17. The Bertz CT molecular complexity index is 1050. The summed E-state index contributed by atoms with van der Waals surface area (Å²) in [7, 11) is 2.81. The number of carbonyl (C=O) groups excluding carboxylic acids is 2. The van der Waals surface area contributed by atoms with Gasteiger partial charge in [-0.1, -0.05) is 108 Å². The summed E-state index contributed by atoms with van der Waals surface area (Å²) in [6, 6.07) is 20.7. The second-order valence-electron chi connectivity index (χ2n) is 10.8. The number of esters is 2. The highest BCUT2D eigenvalue weighted by Crippen LogP contribution is 2.24. The van der Waals surface area contributed by atoms with E-state index in [0.717, 1.165) is 11.5 Å². The molecule has 6 nitrogen and oxygen atoms in total. The number of rotatable bonds is 13. The van der Waals surface area contributed by atoms with Crippen LogP contribution in [0.15, 0.2) is 72.3 Å². The molecule has 266 valence electrons. The first-order valence-corrected chi connectivity index (χ1v) is 17.9. The molecule has 6 atom stereocenters. The van der Waals surface area contributed by atoms with E-state index in [1.54, 1.807) is 31.7 Å². The van der Waals surface area contributed by atoms with Gasteiger partial charge in [0.2, 0.25) is 0 Å². The number of aliphatic hydroxyl groups excluding tert-OH is 2. The molecule has 0 aliphatic heterocycles. The fraction of sp³-hybridized carbons (Fsp3) is 0.556. The molecule has 2 N–H and O–H groups in total. The molecule has 0 fully saturated rings. The Hall–Kier alpha value is -1.98. The Morgan fingerprint density at radius 3 is 1.48 bits per heavy atom. The predicted octanol–water partition coefficient (Wildman–Crippen LogP) is 8.51. The molecule has 2 aromatic carbocycles. The highest BCUT2D eigenvalue weighted by Gasteiger charge is 2.21. The zero-order valence-corrected chi connectivity index (χ0v) is 31.9. The molecule has 6 unspecified atom stereocenters. The van der Waals surface area contributed by atoms with E-state index in [1.165, 1.54) is 25.3 Å². The van der Waals surface area contributed by atoms with Crippen molar-refractivity contribution < 1.29 is 35.4 Å². The number of carbonyl (C=O) groups is 2. The van der Waals surface area contributed by atoms with Crippen molar-refractivity contribution in [1.29, 1.82) is 0 Å². The number of ether oxygens (including phenoxy) is 2. The van der Waals surface area contributed by atoms with Gasteiger partial charge in [0.05, 0.1) is 20.1 Å². The molecule has 0 aromatic heterocycles. The van der Waals surface area contributed by atoms with Crippen molar-refractivity contribution in [2.24, 2.45) is 17.8 Å². The van der Waals surface area contributed by atoms with Gasteiger partial charge in [-0.15, -0.1) is 0 Å². The van der Waals surface area contributed by atoms with Gasteiger partial charge in [-0.3, -0.25) is 9.50 Å². The van der Waals surface area contributed by atoms with E-state index in [2.05, 4.69) is 74.5 Å². The van der Waals surface area contributed by atoms with Gasteiger partial charge in [-0.2, -0.15) is 36.2 Å². The maximum atomic E-state index is 11.3. The van der Waals surface area contributed by atoms with Crippen molar-refractivity contribution in [2.45, 2.75) is 82.6 Å². The zero-order valence-electron chi connectivity index (χ0n) is 29.3. The summed E-state index contributed by atoms with van der Waals surface area (Å²) in [5.41, 5.74) is 3.29. The van der Waals surface area contributed by atoms with Gasteiger partial charge in [0.15, 0.2) is 0 Å². The highest BCUT2D eigenvalue weighted by molar-refractivity contribution is 7.99. The fourth-order valence-corrected chi connectivity index (χ4v) is 5.07. The quantitative estimate of drug-likeness (QED) is 0.109. The van der Waals surface area contributed by atoms with Crippen LogP contribution in [0.25, 0.3) is 0 Å². The van der Waals surface area contributed by atoms with Crippen LogP contribution in [-0.4, -0.2) is 65.3 Å². The Morgan fingerprint density at radius 1 is 0.783 bits per heavy atom. The van der Waals surface area contributed by atoms with Crippen molar-refractivity contribution in [2.75, 3.05) is 27.4 Å². The summed E-state index contributed by atoms with van der Waals surface area (Å²) in [6.07, 6.45) is 1.71. The van der Waals surface area contributed by atoms with Gasteiger partial charge >= 0.3 is 11.9 Å². The van der Waals surface area contributed by atoms with Crippen LogP contribution in [0.3, 0.4) is 0 Å². The fourth-order valence-electron chi connectivity index (χ4n) is 2.87. The lowest BCUT2D eigenvalue weighted by Crippen LogP contribution is -2.22. The van der Waals surface area contributed by atoms with Crippen LogP contribution in [-0.2, 0) is 30.6 Å². The maximum absolute atomic E-state index is 11.3. The van der Waals surface area contributed by atoms with E-state index in [-0.39, 0.29) is 42.5 Å². The normalized spacial score (nSPS) is 14.3. The second kappa shape index (κ2) is 30.4. The summed E-state index contributed by atoms with van der Waals surface area (Å²) in [4.78, 5) is 21.8. The number of thioether (sulfide) groups is 2. The van der Waals surface area contributed by atoms with Crippen LogP contribution < -0.4 is 0 Å². The molecule has 0 heterocycles. The molecule has 0 radical (unpaired) electrons. The van der Waals surface area contributed by atoms with Crippen LogP contribution in [0.1, 0.15) is 67.9 Å². The van der Waals surface area contributed by atoms with Gasteiger partial charge in [0.25, 0.3) is 0 Å². The third kappa shape index (κ3) is 24.2. The summed E-state index contributed by atoms with van der Waals surface area (Å²) in [6.45, 7) is 16.2. The van der Waals surface area contributed by atoms with Crippen LogP contribution in [0.5, 0.6) is 0 Å². The van der Waals surface area contributed by atoms with Gasteiger partial charge in [0.1, 0.15) is 0 Å². The largest absolute Gasteiger partial charge is 0.469 e. The Kier molecular flexibility index (Phi) is 32.0. The molecule has 10 heteroatoms. The monoisotopic (exact) mass is 706 g/mol. The highest BCUT2D eigenvalue weighted by atomic mass is 32.2. The van der Waals surface area contributed by atoms with Crippen molar-refractivity contribution in [3.8, 4) is 0 Å². The van der Waals surface area contributed by atoms with E-state index in [9.17, 15) is 9.59 Å². The minimum Gasteiger partial charge on any atom is -0.469 e. The van der Waals surface area contributed by atoms with Crippen molar-refractivity contribution in [3.05, 3.63) is 83.4 Å². The van der Waals surface area contributed by atoms with Crippen LogP contribution in [0, 0.1) is 17.8 Å². The van der Waals surface area contributed by atoms with E-state index in [0.29, 0.717) is 27.9 Å². The number of thiol groups is 1. The van der Waals surface area contributed by atoms with Crippen LogP contribution in [0.4, 0.5) is 4.70 Å². The number of hydrogen-bond donors (Lipinski definition) is 3. The molecule has 0 saturated heterocycles. The summed E-state index contributed by atoms with van der Waals surface area (Å²) in [5.74, 6) is 2.22. The van der Waals surface area contributed by atoms with Gasteiger partial charge in [-0.05, 0) is 36.8 Å². The van der Waals surface area contributed by atoms with Crippen LogP contribution >= 0.6 is 36.2 Å². The number of benzene rings is 2. The number of hydrogen-bond acceptors (Lipinski definition) is 9. The van der Waals surface area contributed by atoms with Gasteiger partial charge < -0.3 is 19.7 Å². The number of allylic oxidation sites excluding steroid dienone is 1. The van der Waals surface area contributed by atoms with Crippen molar-refractivity contribution in [3.63, 3.8) is 0 Å². The SMILES string of the molecule is C/C=C(\C)C(=O)OC.CC(CO)C(C)SCc1ccccc1.CC(S)C(C)CO.COC(=O)C(C)C(C)SCc1ccccc1.F.[3HH]. The lowest BCUT2D eigenvalue weighted by atomic mass is 10.1. The van der Waals surface area contributed by atoms with E-state index in [1.807, 2.05) is 56.8 Å². The predicted molar refractivity (Wildman–Crippen MR) is 203 cm³/mol. The second-order valence-corrected chi connectivity index (χ2v) is 14.4. The molecule has 0 bridgehead atoms. The molecular weight excluding hydrogens is 644 g/mol. The van der Waals surface area contributed by atoms with Crippen molar-refractivity contribution >= 4 is 48.1 Å². The average molecular weight is 707 g/mol. The molecule has 2 rings (SSSR count). The topological polar surface area (TPSA) is 93.1 Å². The summed E-state index contributed by atoms with van der Waals surface area (Å²) in [5, 5.41) is 18.5. The Morgan fingerprint density at radius 2 is 1.20 bits per heavy atom. The number of halogens is 1. The molecule has 46 heavy (non-hydrogen) atoms. The van der Waals surface area contributed by atoms with Gasteiger partial charge in [0, 0.05) is 47.5 Å². The molecule has 0 amide bonds. The summed E-state index contributed by atoms with van der Waals surface area (Å²) >= 11 is 7.80. The van der Waals surface area contributed by atoms with E-state index >= 15 is 0 Å². The molecular formula is C36H61FO6S3. The third-order valence-electron chi connectivity index (χ3n) is 7.13. The maximum Gasteiger partial charge on any atom is 0.333 e. The number of aliphatic hydroxyl groups is 2. The summed E-state index contributed by atoms with van der Waals surface area (Å²) < 4.78 is 9.13. The first kappa shape index (κ1) is 48.4. The van der Waals surface area contributed by atoms with Crippen LogP contribution in [0.2, 0.25) is 0 Å². The van der Waals surface area contributed by atoms with E-state index in [4.69, 9.17) is 14.9 Å². The molecule has 0 spiro atoms. The van der Waals surface area contributed by atoms with E-state index < -0.39 is 0 Å². The third-order valence-corrected chi connectivity index (χ3v) is 10.6. The zero-order chi connectivity index (χ0) is 34.8. The Balaban J connectivity index is -0.000000273. The molecule has 2 aromatic rings. The Labute approximate surface area is 293 Å². The first-order chi connectivity index (χ1) is 21.3. The van der Waals surface area contributed by atoms with Crippen molar-refractivity contribution in [1.82, 2.24) is 0 Å². The molecule has 0 aliphatic carbocycles.